The Morgan fingerprint density at radius 3 is 2.41 bits per heavy atom. The first-order valence-electron chi connectivity index (χ1n) is 13.8. The summed E-state index contributed by atoms with van der Waals surface area (Å²) in [5, 5.41) is 6.64. The van der Waals surface area contributed by atoms with Gasteiger partial charge >= 0.3 is 6.43 Å². The zero-order valence-corrected chi connectivity index (χ0v) is 22.9. The van der Waals surface area contributed by atoms with Crippen molar-refractivity contribution in [3.63, 3.8) is 0 Å². The highest BCUT2D eigenvalue weighted by atomic mass is 32.2. The number of fused-ring (bicyclic) bond motifs is 2. The molecule has 3 unspecified atom stereocenters. The minimum atomic E-state index is -3.64. The molecule has 3 aliphatic rings. The molecule has 7 nitrogen and oxygen atoms in total. The molecule has 10 heteroatoms. The van der Waals surface area contributed by atoms with E-state index in [-0.39, 0.29) is 12.4 Å². The molecule has 1 aliphatic heterocycles. The second-order valence-electron chi connectivity index (χ2n) is 11.3. The Kier molecular flexibility index (Phi) is 7.18. The van der Waals surface area contributed by atoms with Crippen LogP contribution in [-0.2, 0) is 16.6 Å². The molecule has 0 amide bonds. The van der Waals surface area contributed by atoms with Gasteiger partial charge in [-0.3, -0.25) is 4.31 Å². The lowest BCUT2D eigenvalue weighted by Gasteiger charge is -2.40. The van der Waals surface area contributed by atoms with Crippen LogP contribution in [0.2, 0.25) is 0 Å². The average Bonchev–Trinajstić information content (AvgIpc) is 3.70. The highest BCUT2D eigenvalue weighted by Crippen LogP contribution is 2.47. The highest BCUT2D eigenvalue weighted by Gasteiger charge is 2.44. The van der Waals surface area contributed by atoms with Gasteiger partial charge in [0.05, 0.1) is 17.5 Å². The summed E-state index contributed by atoms with van der Waals surface area (Å²) in [4.78, 5) is 2.56. The van der Waals surface area contributed by atoms with Crippen LogP contribution >= 0.6 is 0 Å². The third-order valence-electron chi connectivity index (χ3n) is 8.82. The van der Waals surface area contributed by atoms with Crippen molar-refractivity contribution >= 4 is 15.7 Å². The number of anilines is 1. The monoisotopic (exact) mass is 556 g/mol. The van der Waals surface area contributed by atoms with Crippen LogP contribution < -0.4 is 4.31 Å². The van der Waals surface area contributed by atoms with Gasteiger partial charge in [-0.2, -0.15) is 8.78 Å². The Labute approximate surface area is 228 Å². The summed E-state index contributed by atoms with van der Waals surface area (Å²) in [7, 11) is -3.64. The average molecular weight is 557 g/mol. The van der Waals surface area contributed by atoms with Crippen molar-refractivity contribution < 1.29 is 21.6 Å². The first-order chi connectivity index (χ1) is 18.8. The molecule has 2 saturated carbocycles. The number of aryl methyl sites for hydroxylation is 1. The number of sulfonamides is 1. The van der Waals surface area contributed by atoms with Gasteiger partial charge in [0.2, 0.25) is 15.9 Å². The Morgan fingerprint density at radius 1 is 1.03 bits per heavy atom. The third-order valence-corrected chi connectivity index (χ3v) is 11.1. The van der Waals surface area contributed by atoms with E-state index in [1.165, 1.54) is 30.0 Å². The molecule has 2 bridgehead atoms. The number of hydrogen-bond donors (Lipinski definition) is 0. The van der Waals surface area contributed by atoms with Crippen LogP contribution in [0.15, 0.2) is 52.9 Å². The first-order valence-corrected chi connectivity index (χ1v) is 15.3. The Morgan fingerprint density at radius 2 is 1.79 bits per heavy atom. The molecule has 0 N–H and O–H groups in total. The lowest BCUT2D eigenvalue weighted by Crippen LogP contribution is -2.49. The van der Waals surface area contributed by atoms with Gasteiger partial charge in [-0.05, 0) is 99.3 Å². The molecular weight excluding hydrogens is 522 g/mol. The molecule has 208 valence electrons. The van der Waals surface area contributed by atoms with E-state index >= 15 is 0 Å². The van der Waals surface area contributed by atoms with Gasteiger partial charge in [0, 0.05) is 11.6 Å². The van der Waals surface area contributed by atoms with Crippen molar-refractivity contribution in [3.05, 3.63) is 65.5 Å². The maximum atomic E-state index is 14.1. The number of benzene rings is 2. The molecule has 2 aromatic carbocycles. The summed E-state index contributed by atoms with van der Waals surface area (Å²) in [6.45, 7) is 3.79. The number of halogens is 2. The molecule has 1 aromatic heterocycles. The summed E-state index contributed by atoms with van der Waals surface area (Å²) >= 11 is 0. The normalized spacial score (nSPS) is 24.1. The Bertz CT molecular complexity index is 1400. The number of alkyl halides is 2. The predicted molar refractivity (Wildman–Crippen MR) is 145 cm³/mol. The first kappa shape index (κ1) is 26.4. The van der Waals surface area contributed by atoms with E-state index in [0.717, 1.165) is 36.1 Å². The molecule has 3 aromatic rings. The summed E-state index contributed by atoms with van der Waals surface area (Å²) in [6.07, 6.45) is 3.77. The van der Waals surface area contributed by atoms with Gasteiger partial charge in [0.15, 0.2) is 0 Å². The minimum absolute atomic E-state index is 0.00209. The van der Waals surface area contributed by atoms with Crippen molar-refractivity contribution in [2.24, 2.45) is 11.8 Å². The van der Waals surface area contributed by atoms with E-state index in [9.17, 15) is 17.2 Å². The van der Waals surface area contributed by atoms with E-state index in [2.05, 4.69) is 15.1 Å². The number of likely N-dealkylation sites (tertiary alicyclic amines) is 1. The maximum absolute atomic E-state index is 14.1. The van der Waals surface area contributed by atoms with Gasteiger partial charge < -0.3 is 9.32 Å². The van der Waals surface area contributed by atoms with Crippen LogP contribution in [0.1, 0.15) is 62.0 Å². The molecule has 39 heavy (non-hydrogen) atoms. The van der Waals surface area contributed by atoms with Crippen LogP contribution in [0.25, 0.3) is 11.5 Å². The smallest absolute Gasteiger partial charge is 0.314 e. The molecular formula is C29H34F2N4O3S. The lowest BCUT2D eigenvalue weighted by molar-refractivity contribution is 0.116. The molecule has 0 spiro atoms. The second kappa shape index (κ2) is 10.6. The maximum Gasteiger partial charge on any atom is 0.314 e. The molecule has 2 heterocycles. The number of piperidine rings is 1. The van der Waals surface area contributed by atoms with Crippen molar-refractivity contribution in [1.29, 1.82) is 0 Å². The Balaban J connectivity index is 1.20. The van der Waals surface area contributed by atoms with Crippen molar-refractivity contribution in [2.75, 3.05) is 17.4 Å². The number of rotatable bonds is 8. The fourth-order valence-corrected chi connectivity index (χ4v) is 8.72. The molecule has 2 aliphatic carbocycles. The summed E-state index contributed by atoms with van der Waals surface area (Å²) in [5.41, 5.74) is 2.90. The van der Waals surface area contributed by atoms with Crippen LogP contribution in [0.3, 0.4) is 0 Å². The number of hydrogen-bond acceptors (Lipinski definition) is 6. The number of nitrogens with zero attached hydrogens (tertiary/aromatic N) is 4. The van der Waals surface area contributed by atoms with E-state index in [4.69, 9.17) is 4.42 Å². The van der Waals surface area contributed by atoms with Gasteiger partial charge in [0.25, 0.3) is 5.89 Å². The van der Waals surface area contributed by atoms with Crippen LogP contribution in [0.5, 0.6) is 0 Å². The molecule has 3 atom stereocenters. The highest BCUT2D eigenvalue weighted by molar-refractivity contribution is 7.93. The fraction of sp³-hybridized carbons (Fsp3) is 0.517. The van der Waals surface area contributed by atoms with E-state index in [1.807, 2.05) is 31.2 Å². The van der Waals surface area contributed by atoms with E-state index in [1.54, 1.807) is 24.3 Å². The van der Waals surface area contributed by atoms with Gasteiger partial charge in [-0.25, -0.2) is 8.42 Å². The second-order valence-corrected chi connectivity index (χ2v) is 13.4. The fourth-order valence-electron chi connectivity index (χ4n) is 6.81. The zero-order chi connectivity index (χ0) is 27.1. The molecule has 0 radical (unpaired) electrons. The van der Waals surface area contributed by atoms with Crippen molar-refractivity contribution in [3.8, 4) is 11.5 Å². The van der Waals surface area contributed by atoms with Gasteiger partial charge in [-0.15, -0.1) is 10.2 Å². The zero-order valence-electron chi connectivity index (χ0n) is 22.0. The SMILES string of the molecule is Cc1cccc(N(Cc2ccc(-c3nnc(C(F)F)o3)cc2)S(=O)(=O)C2CCN(C3CC4CCC3C4)CC2)c1. The molecule has 1 saturated heterocycles. The van der Waals surface area contributed by atoms with E-state index < -0.39 is 27.6 Å². The standard InChI is InChI=1S/C29H34F2N4O3S/c1-19-3-2-4-24(15-19)35(18-20-5-8-22(9-6-20)28-32-33-29(38-28)27(30)31)39(36,37)25-11-13-34(14-12-25)26-17-21-7-10-23(26)16-21/h2-6,8-9,15,21,23,25-27H,7,10-14,16-18H2,1H3. The quantitative estimate of drug-likeness (QED) is 0.340. The summed E-state index contributed by atoms with van der Waals surface area (Å²) < 4.78 is 60.5. The van der Waals surface area contributed by atoms with Crippen LogP contribution in [0, 0.1) is 18.8 Å². The predicted octanol–water partition coefficient (Wildman–Crippen LogP) is 5.97. The van der Waals surface area contributed by atoms with E-state index in [0.29, 0.717) is 30.1 Å². The topological polar surface area (TPSA) is 79.5 Å². The molecule has 3 fully saturated rings. The molecule has 6 rings (SSSR count). The van der Waals surface area contributed by atoms with Crippen LogP contribution in [-0.4, -0.2) is 47.9 Å². The summed E-state index contributed by atoms with van der Waals surface area (Å²) in [5.74, 6) is 0.944. The lowest BCUT2D eigenvalue weighted by atomic mass is 9.92. The van der Waals surface area contributed by atoms with Gasteiger partial charge in [-0.1, -0.05) is 30.7 Å². The van der Waals surface area contributed by atoms with Crippen molar-refractivity contribution in [2.45, 2.75) is 69.7 Å². The third kappa shape index (κ3) is 5.33. The minimum Gasteiger partial charge on any atom is -0.415 e. The Hall–Kier alpha value is -2.85. The number of aromatic nitrogens is 2. The van der Waals surface area contributed by atoms with Crippen LogP contribution in [0.4, 0.5) is 14.5 Å². The van der Waals surface area contributed by atoms with Crippen molar-refractivity contribution in [1.82, 2.24) is 15.1 Å². The summed E-state index contributed by atoms with van der Waals surface area (Å²) in [6, 6.07) is 15.1. The largest absolute Gasteiger partial charge is 0.415 e. The van der Waals surface area contributed by atoms with Gasteiger partial charge in [0.1, 0.15) is 0 Å².